The molecule has 3 unspecified atom stereocenters. The number of hydrogen-bond donors (Lipinski definition) is 0. The van der Waals surface area contributed by atoms with Crippen LogP contribution in [0.5, 0.6) is 5.75 Å². The van der Waals surface area contributed by atoms with Gasteiger partial charge < -0.3 is 14.1 Å². The predicted molar refractivity (Wildman–Crippen MR) is 174 cm³/mol. The van der Waals surface area contributed by atoms with Gasteiger partial charge in [-0.1, -0.05) is 69.3 Å². The van der Waals surface area contributed by atoms with Crippen LogP contribution in [0.25, 0.3) is 0 Å². The lowest BCUT2D eigenvalue weighted by atomic mass is 9.78. The number of rotatable bonds is 11. The fourth-order valence-corrected chi connectivity index (χ4v) is 6.81. The Morgan fingerprint density at radius 1 is 0.844 bits per heavy atom. The summed E-state index contributed by atoms with van der Waals surface area (Å²) in [6.07, 6.45) is 0.546. The Morgan fingerprint density at radius 2 is 1.47 bits per heavy atom. The van der Waals surface area contributed by atoms with Crippen molar-refractivity contribution in [1.82, 2.24) is 0 Å². The van der Waals surface area contributed by atoms with Gasteiger partial charge in [-0.25, -0.2) is 13.2 Å². The van der Waals surface area contributed by atoms with E-state index in [1.165, 1.54) is 47.4 Å². The van der Waals surface area contributed by atoms with Crippen molar-refractivity contribution in [2.24, 2.45) is 5.92 Å². The first kappa shape index (κ1) is 32.5. The standard InChI is InChI=1S/C37H40F3NO3Si/c1-37(2,3)45(4,5)44-34(26-11-13-27(38)14-12-26)22-21-32-35(41(36(32)42)29-17-15-28(39)16-18-29)31-20-19-30(23-33(31)40)43-24-25-9-7-6-8-10-25/h6-20,23,32,34-35H,21-22,24H2,1-5H3. The highest BCUT2D eigenvalue weighted by molar-refractivity contribution is 6.74. The number of amides is 1. The number of hydrogen-bond acceptors (Lipinski definition) is 3. The fraction of sp³-hybridized carbons (Fsp3) is 0.324. The van der Waals surface area contributed by atoms with Gasteiger partial charge in [0.05, 0.1) is 18.1 Å². The summed E-state index contributed by atoms with van der Waals surface area (Å²) in [7, 11) is -2.24. The van der Waals surface area contributed by atoms with Gasteiger partial charge in [0.15, 0.2) is 8.32 Å². The zero-order chi connectivity index (χ0) is 32.4. The third-order valence-corrected chi connectivity index (χ3v) is 13.6. The van der Waals surface area contributed by atoms with E-state index in [2.05, 4.69) is 33.9 Å². The summed E-state index contributed by atoms with van der Waals surface area (Å²) in [4.78, 5) is 15.2. The van der Waals surface area contributed by atoms with E-state index in [1.54, 1.807) is 24.3 Å². The van der Waals surface area contributed by atoms with Crippen LogP contribution >= 0.6 is 0 Å². The smallest absolute Gasteiger partial charge is 0.233 e. The van der Waals surface area contributed by atoms with Crippen molar-refractivity contribution in [3.63, 3.8) is 0 Å². The second-order valence-corrected chi connectivity index (χ2v) is 17.9. The minimum atomic E-state index is -2.24. The fourth-order valence-electron chi connectivity index (χ4n) is 5.49. The molecule has 5 rings (SSSR count). The first-order valence-corrected chi connectivity index (χ1v) is 18.2. The molecule has 0 aromatic heterocycles. The van der Waals surface area contributed by atoms with E-state index in [-0.39, 0.29) is 22.9 Å². The molecule has 1 saturated heterocycles. The summed E-state index contributed by atoms with van der Waals surface area (Å²) in [6.45, 7) is 11.1. The van der Waals surface area contributed by atoms with Crippen LogP contribution in [-0.2, 0) is 15.8 Å². The molecule has 8 heteroatoms. The normalized spacial score (nSPS) is 17.6. The molecule has 1 amide bonds. The predicted octanol–water partition coefficient (Wildman–Crippen LogP) is 9.93. The maximum atomic E-state index is 15.8. The quantitative estimate of drug-likeness (QED) is 0.122. The molecule has 4 aromatic rings. The Bertz CT molecular complexity index is 1610. The number of halogens is 3. The second-order valence-electron chi connectivity index (χ2n) is 13.2. The van der Waals surface area contributed by atoms with E-state index in [1.807, 2.05) is 30.3 Å². The molecule has 0 saturated carbocycles. The minimum Gasteiger partial charge on any atom is -0.489 e. The molecule has 1 heterocycles. The van der Waals surface area contributed by atoms with Gasteiger partial charge in [0.1, 0.15) is 29.8 Å². The third-order valence-electron chi connectivity index (χ3n) is 9.08. The van der Waals surface area contributed by atoms with E-state index >= 15 is 4.39 Å². The van der Waals surface area contributed by atoms with E-state index in [9.17, 15) is 13.6 Å². The molecule has 4 aromatic carbocycles. The molecule has 0 aliphatic carbocycles. The highest BCUT2D eigenvalue weighted by Crippen LogP contribution is 2.48. The maximum absolute atomic E-state index is 15.8. The topological polar surface area (TPSA) is 38.8 Å². The van der Waals surface area contributed by atoms with Crippen LogP contribution in [0.3, 0.4) is 0 Å². The van der Waals surface area contributed by atoms with Crippen molar-refractivity contribution in [2.45, 2.75) is 70.5 Å². The van der Waals surface area contributed by atoms with Gasteiger partial charge in [-0.15, -0.1) is 0 Å². The number of carbonyl (C=O) groups excluding carboxylic acids is 1. The van der Waals surface area contributed by atoms with Gasteiger partial charge in [-0.05, 0) is 84.6 Å². The second kappa shape index (κ2) is 13.2. The molecule has 3 atom stereocenters. The first-order chi connectivity index (χ1) is 21.3. The monoisotopic (exact) mass is 631 g/mol. The minimum absolute atomic E-state index is 0.0626. The van der Waals surface area contributed by atoms with Crippen molar-refractivity contribution in [3.05, 3.63) is 131 Å². The highest BCUT2D eigenvalue weighted by atomic mass is 28.4. The highest BCUT2D eigenvalue weighted by Gasteiger charge is 2.50. The Morgan fingerprint density at radius 3 is 2.07 bits per heavy atom. The molecule has 45 heavy (non-hydrogen) atoms. The van der Waals surface area contributed by atoms with Crippen molar-refractivity contribution in [2.75, 3.05) is 4.90 Å². The Balaban J connectivity index is 1.41. The summed E-state index contributed by atoms with van der Waals surface area (Å²) in [5.74, 6) is -1.55. The van der Waals surface area contributed by atoms with Crippen LogP contribution in [0.1, 0.15) is 62.4 Å². The molecule has 4 nitrogen and oxygen atoms in total. The first-order valence-electron chi connectivity index (χ1n) is 15.3. The molecule has 236 valence electrons. The van der Waals surface area contributed by atoms with Gasteiger partial charge in [-0.2, -0.15) is 0 Å². The van der Waals surface area contributed by atoms with Crippen molar-refractivity contribution in [1.29, 1.82) is 0 Å². The lowest BCUT2D eigenvalue weighted by Gasteiger charge is -2.48. The molecule has 0 bridgehead atoms. The molecule has 0 N–H and O–H groups in total. The lowest BCUT2D eigenvalue weighted by molar-refractivity contribution is -0.131. The van der Waals surface area contributed by atoms with Crippen molar-refractivity contribution < 1.29 is 27.1 Å². The zero-order valence-electron chi connectivity index (χ0n) is 26.4. The van der Waals surface area contributed by atoms with E-state index in [0.29, 0.717) is 36.4 Å². The summed E-state index contributed by atoms with van der Waals surface area (Å²) in [5, 5.41) is -0.0626. The summed E-state index contributed by atoms with van der Waals surface area (Å²) >= 11 is 0. The van der Waals surface area contributed by atoms with Crippen LogP contribution in [0.15, 0.2) is 97.1 Å². The zero-order valence-corrected chi connectivity index (χ0v) is 27.4. The van der Waals surface area contributed by atoms with Crippen LogP contribution in [-0.4, -0.2) is 14.2 Å². The Labute approximate surface area is 264 Å². The summed E-state index contributed by atoms with van der Waals surface area (Å²) in [5.41, 5.74) is 2.66. The molecule has 1 fully saturated rings. The largest absolute Gasteiger partial charge is 0.489 e. The van der Waals surface area contributed by atoms with E-state index in [0.717, 1.165) is 11.1 Å². The van der Waals surface area contributed by atoms with Gasteiger partial charge in [0.25, 0.3) is 0 Å². The molecule has 1 aliphatic rings. The summed E-state index contributed by atoms with van der Waals surface area (Å²) < 4.78 is 56.1. The summed E-state index contributed by atoms with van der Waals surface area (Å²) in [6, 6.07) is 25.7. The third kappa shape index (κ3) is 7.34. The number of nitrogens with zero attached hydrogens (tertiary/aromatic N) is 1. The molecule has 0 radical (unpaired) electrons. The van der Waals surface area contributed by atoms with Gasteiger partial charge >= 0.3 is 0 Å². The number of ether oxygens (including phenoxy) is 1. The Kier molecular flexibility index (Phi) is 9.56. The van der Waals surface area contributed by atoms with Gasteiger partial charge in [0.2, 0.25) is 5.91 Å². The number of benzene rings is 4. The average Bonchev–Trinajstić information content (AvgIpc) is 3.00. The van der Waals surface area contributed by atoms with Crippen LogP contribution in [0.4, 0.5) is 18.9 Å². The average molecular weight is 632 g/mol. The van der Waals surface area contributed by atoms with Crippen LogP contribution in [0, 0.1) is 23.4 Å². The van der Waals surface area contributed by atoms with E-state index < -0.39 is 31.9 Å². The SMILES string of the molecule is CC(C)(C)[Si](C)(C)OC(CCC1C(=O)N(c2ccc(F)cc2)C1c1ccc(OCc2ccccc2)cc1F)c1ccc(F)cc1. The van der Waals surface area contributed by atoms with Crippen LogP contribution in [0.2, 0.25) is 18.1 Å². The van der Waals surface area contributed by atoms with Gasteiger partial charge in [0, 0.05) is 17.3 Å². The lowest BCUT2D eigenvalue weighted by Crippen LogP contribution is -2.55. The van der Waals surface area contributed by atoms with Crippen LogP contribution < -0.4 is 9.64 Å². The number of β-lactam (4-membered cyclic amide) rings is 1. The molecule has 0 spiro atoms. The molecular weight excluding hydrogens is 591 g/mol. The Hall–Kier alpha value is -3.88. The maximum Gasteiger partial charge on any atom is 0.233 e. The van der Waals surface area contributed by atoms with Crippen molar-refractivity contribution >= 4 is 19.9 Å². The molecule has 1 aliphatic heterocycles. The number of carbonyl (C=O) groups is 1. The van der Waals surface area contributed by atoms with Gasteiger partial charge in [-0.3, -0.25) is 4.79 Å². The van der Waals surface area contributed by atoms with E-state index in [4.69, 9.17) is 9.16 Å². The molecular formula is C37H40F3NO3Si. The van der Waals surface area contributed by atoms with Crippen molar-refractivity contribution in [3.8, 4) is 5.75 Å². The number of anilines is 1.